The highest BCUT2D eigenvalue weighted by Gasteiger charge is 2.31. The van der Waals surface area contributed by atoms with Crippen LogP contribution >= 0.6 is 11.8 Å². The standard InChI is InChI=1S/C23H31N5O8S/c1-37-7-6-16(26-22(34)17(9-19(30)31)27-20(32)14(24)11-29)21(33)28-18(23(35)36)8-12-10-25-15-5-3-2-4-13(12)15/h2-5,10,14,16-18,25,29H,6-9,11,24H2,1H3,(H,26,34)(H,27,32)(H,28,33)(H,30,31)(H,35,36). The van der Waals surface area contributed by atoms with E-state index in [1.807, 2.05) is 24.3 Å². The van der Waals surface area contributed by atoms with Gasteiger partial charge in [0.1, 0.15) is 24.2 Å². The third-order valence-electron chi connectivity index (χ3n) is 5.50. The van der Waals surface area contributed by atoms with Gasteiger partial charge in [-0.05, 0) is 30.1 Å². The van der Waals surface area contributed by atoms with Crippen LogP contribution < -0.4 is 21.7 Å². The Morgan fingerprint density at radius 3 is 2.22 bits per heavy atom. The lowest BCUT2D eigenvalue weighted by molar-refractivity contribution is -0.143. The molecule has 14 heteroatoms. The number of carbonyl (C=O) groups excluding carboxylic acids is 3. The largest absolute Gasteiger partial charge is 0.481 e. The highest BCUT2D eigenvalue weighted by atomic mass is 32.2. The summed E-state index contributed by atoms with van der Waals surface area (Å²) in [5.41, 5.74) is 6.91. The summed E-state index contributed by atoms with van der Waals surface area (Å²) in [5.74, 6) is -4.94. The second-order valence-corrected chi connectivity index (χ2v) is 9.24. The Bertz CT molecular complexity index is 1120. The number of H-pyrrole nitrogens is 1. The quantitative estimate of drug-likeness (QED) is 0.135. The number of thioether (sulfide) groups is 1. The molecule has 9 N–H and O–H groups in total. The zero-order chi connectivity index (χ0) is 27.5. The number of aliphatic hydroxyl groups is 1. The monoisotopic (exact) mass is 537 g/mol. The van der Waals surface area contributed by atoms with Crippen LogP contribution in [-0.2, 0) is 30.4 Å². The Morgan fingerprint density at radius 1 is 0.973 bits per heavy atom. The SMILES string of the molecule is CSCCC(NC(=O)C(CC(=O)O)NC(=O)C(N)CO)C(=O)NC(Cc1c[nH]c2ccccc12)C(=O)O. The first-order valence-electron chi connectivity index (χ1n) is 11.3. The molecule has 37 heavy (non-hydrogen) atoms. The van der Waals surface area contributed by atoms with Crippen LogP contribution in [0.15, 0.2) is 30.5 Å². The van der Waals surface area contributed by atoms with Crippen LogP contribution in [0.5, 0.6) is 0 Å². The Kier molecular flexibility index (Phi) is 11.4. The molecule has 1 aromatic heterocycles. The van der Waals surface area contributed by atoms with E-state index in [2.05, 4.69) is 20.9 Å². The molecule has 0 aliphatic rings. The number of nitrogens with two attached hydrogens (primary N) is 1. The van der Waals surface area contributed by atoms with Crippen molar-refractivity contribution in [2.24, 2.45) is 5.73 Å². The summed E-state index contributed by atoms with van der Waals surface area (Å²) < 4.78 is 0. The van der Waals surface area contributed by atoms with Gasteiger partial charge < -0.3 is 42.0 Å². The number of aliphatic carboxylic acids is 2. The number of carboxylic acid groups (broad SMARTS) is 2. The third kappa shape index (κ3) is 8.77. The summed E-state index contributed by atoms with van der Waals surface area (Å²) in [6, 6.07) is 1.83. The molecule has 0 saturated heterocycles. The Morgan fingerprint density at radius 2 is 1.59 bits per heavy atom. The van der Waals surface area contributed by atoms with E-state index in [9.17, 15) is 29.1 Å². The number of para-hydroxylation sites is 1. The van der Waals surface area contributed by atoms with Crippen LogP contribution in [0, 0.1) is 0 Å². The summed E-state index contributed by atoms with van der Waals surface area (Å²) in [5, 5.41) is 35.7. The first kappa shape index (κ1) is 29.6. The van der Waals surface area contributed by atoms with E-state index < -0.39 is 66.9 Å². The van der Waals surface area contributed by atoms with Crippen LogP contribution in [0.4, 0.5) is 0 Å². The topological polar surface area (TPSA) is 224 Å². The second kappa shape index (κ2) is 14.2. The van der Waals surface area contributed by atoms with Crippen molar-refractivity contribution in [1.82, 2.24) is 20.9 Å². The molecular weight excluding hydrogens is 506 g/mol. The molecule has 0 radical (unpaired) electrons. The molecule has 0 saturated carbocycles. The summed E-state index contributed by atoms with van der Waals surface area (Å²) in [4.78, 5) is 64.1. The maximum atomic E-state index is 13.1. The van der Waals surface area contributed by atoms with Crippen molar-refractivity contribution in [1.29, 1.82) is 0 Å². The van der Waals surface area contributed by atoms with E-state index in [4.69, 9.17) is 15.9 Å². The summed E-state index contributed by atoms with van der Waals surface area (Å²) >= 11 is 1.38. The van der Waals surface area contributed by atoms with Gasteiger partial charge in [0.15, 0.2) is 0 Å². The predicted octanol–water partition coefficient (Wildman–Crippen LogP) is -1.20. The van der Waals surface area contributed by atoms with Crippen molar-refractivity contribution in [3.05, 3.63) is 36.0 Å². The molecule has 1 aromatic carbocycles. The highest BCUT2D eigenvalue weighted by Crippen LogP contribution is 2.19. The summed E-state index contributed by atoms with van der Waals surface area (Å²) in [6.07, 6.45) is 2.73. The normalized spacial score (nSPS) is 14.2. The number of fused-ring (bicyclic) bond motifs is 1. The van der Waals surface area contributed by atoms with Crippen molar-refractivity contribution in [2.45, 2.75) is 43.4 Å². The number of aromatic amines is 1. The zero-order valence-corrected chi connectivity index (χ0v) is 20.9. The maximum absolute atomic E-state index is 13.1. The summed E-state index contributed by atoms with van der Waals surface area (Å²) in [7, 11) is 0. The van der Waals surface area contributed by atoms with Crippen molar-refractivity contribution >= 4 is 52.3 Å². The molecule has 3 amide bonds. The molecule has 0 bridgehead atoms. The van der Waals surface area contributed by atoms with Crippen molar-refractivity contribution in [3.63, 3.8) is 0 Å². The lowest BCUT2D eigenvalue weighted by Crippen LogP contribution is -2.58. The van der Waals surface area contributed by atoms with Gasteiger partial charge in [-0.1, -0.05) is 18.2 Å². The minimum Gasteiger partial charge on any atom is -0.481 e. The number of hydrogen-bond acceptors (Lipinski definition) is 8. The number of carboxylic acids is 2. The summed E-state index contributed by atoms with van der Waals surface area (Å²) in [6.45, 7) is -0.723. The number of amides is 3. The highest BCUT2D eigenvalue weighted by molar-refractivity contribution is 7.98. The van der Waals surface area contributed by atoms with Gasteiger partial charge in [-0.3, -0.25) is 19.2 Å². The molecule has 2 rings (SSSR count). The first-order valence-corrected chi connectivity index (χ1v) is 12.7. The first-order chi connectivity index (χ1) is 17.6. The van der Waals surface area contributed by atoms with Gasteiger partial charge in [0.25, 0.3) is 0 Å². The van der Waals surface area contributed by atoms with Gasteiger partial charge in [0.05, 0.1) is 13.0 Å². The minimum absolute atomic E-state index is 0.0228. The maximum Gasteiger partial charge on any atom is 0.326 e. The fourth-order valence-electron chi connectivity index (χ4n) is 3.52. The van der Waals surface area contributed by atoms with Crippen LogP contribution in [0.2, 0.25) is 0 Å². The van der Waals surface area contributed by atoms with Crippen molar-refractivity contribution < 1.29 is 39.3 Å². The average Bonchev–Trinajstić information content (AvgIpc) is 3.27. The Hall–Kier alpha value is -3.62. The third-order valence-corrected chi connectivity index (χ3v) is 6.15. The van der Waals surface area contributed by atoms with Gasteiger partial charge in [-0.15, -0.1) is 0 Å². The van der Waals surface area contributed by atoms with E-state index in [0.29, 0.717) is 11.3 Å². The number of aromatic nitrogens is 1. The lowest BCUT2D eigenvalue weighted by Gasteiger charge is -2.24. The molecule has 0 fully saturated rings. The predicted molar refractivity (Wildman–Crippen MR) is 136 cm³/mol. The molecular formula is C23H31N5O8S. The second-order valence-electron chi connectivity index (χ2n) is 8.25. The van der Waals surface area contributed by atoms with Gasteiger partial charge in [0, 0.05) is 23.5 Å². The van der Waals surface area contributed by atoms with Gasteiger partial charge in [-0.25, -0.2) is 4.79 Å². The number of rotatable bonds is 15. The average molecular weight is 538 g/mol. The van der Waals surface area contributed by atoms with E-state index in [0.717, 1.165) is 10.9 Å². The lowest BCUT2D eigenvalue weighted by atomic mass is 10.0. The fourth-order valence-corrected chi connectivity index (χ4v) is 3.99. The van der Waals surface area contributed by atoms with E-state index in [-0.39, 0.29) is 12.8 Å². The Balaban J connectivity index is 2.17. The molecule has 0 spiro atoms. The molecule has 13 nitrogen and oxygen atoms in total. The van der Waals surface area contributed by atoms with Crippen molar-refractivity contribution in [3.8, 4) is 0 Å². The molecule has 4 unspecified atom stereocenters. The van der Waals surface area contributed by atoms with Crippen LogP contribution in [0.1, 0.15) is 18.4 Å². The number of benzene rings is 1. The number of nitrogens with one attached hydrogen (secondary N) is 4. The molecule has 2 aromatic rings. The van der Waals surface area contributed by atoms with E-state index >= 15 is 0 Å². The van der Waals surface area contributed by atoms with Crippen LogP contribution in [0.3, 0.4) is 0 Å². The van der Waals surface area contributed by atoms with Gasteiger partial charge in [-0.2, -0.15) is 11.8 Å². The van der Waals surface area contributed by atoms with Crippen molar-refractivity contribution in [2.75, 3.05) is 18.6 Å². The minimum atomic E-state index is -1.58. The number of aliphatic hydroxyl groups excluding tert-OH is 1. The van der Waals surface area contributed by atoms with Gasteiger partial charge in [0.2, 0.25) is 17.7 Å². The van der Waals surface area contributed by atoms with Crippen LogP contribution in [-0.4, -0.2) is 92.7 Å². The number of hydrogen-bond donors (Lipinski definition) is 8. The molecule has 1 heterocycles. The molecule has 0 aliphatic heterocycles. The zero-order valence-electron chi connectivity index (χ0n) is 20.1. The number of carbonyl (C=O) groups is 5. The smallest absolute Gasteiger partial charge is 0.326 e. The van der Waals surface area contributed by atoms with Gasteiger partial charge >= 0.3 is 11.9 Å². The fraction of sp³-hybridized carbons (Fsp3) is 0.435. The Labute approximate surface area is 216 Å². The molecule has 4 atom stereocenters. The molecule has 202 valence electrons. The van der Waals surface area contributed by atoms with Crippen LogP contribution in [0.25, 0.3) is 10.9 Å². The molecule has 0 aliphatic carbocycles. The van der Waals surface area contributed by atoms with E-state index in [1.54, 1.807) is 12.5 Å². The van der Waals surface area contributed by atoms with E-state index in [1.165, 1.54) is 11.8 Å².